The fraction of sp³-hybridized carbons (Fsp3) is 0.333. The smallest absolute Gasteiger partial charge is 0.252 e. The minimum atomic E-state index is -3.84. The summed E-state index contributed by atoms with van der Waals surface area (Å²) in [5.41, 5.74) is 3.20. The molecule has 1 N–H and O–H groups in total. The van der Waals surface area contributed by atoms with Gasteiger partial charge in [0.1, 0.15) is 0 Å². The number of carbonyl (C=O) groups is 1. The van der Waals surface area contributed by atoms with E-state index in [-0.39, 0.29) is 10.8 Å². The molecule has 0 saturated carbocycles. The maximum atomic E-state index is 13.5. The van der Waals surface area contributed by atoms with E-state index in [4.69, 9.17) is 0 Å². The molecule has 0 bridgehead atoms. The number of hydrogen-bond donors (Lipinski definition) is 1. The Bertz CT molecular complexity index is 1140. The van der Waals surface area contributed by atoms with Gasteiger partial charge >= 0.3 is 0 Å². The predicted molar refractivity (Wildman–Crippen MR) is 121 cm³/mol. The number of hydrogen-bond acceptors (Lipinski definition) is 4. The highest BCUT2D eigenvalue weighted by Crippen LogP contribution is 2.30. The fourth-order valence-electron chi connectivity index (χ4n) is 3.75. The number of rotatable bonds is 8. The van der Waals surface area contributed by atoms with Crippen LogP contribution < -0.4 is 4.72 Å². The van der Waals surface area contributed by atoms with Crippen LogP contribution >= 0.6 is 0 Å². The molecule has 0 spiro atoms. The normalized spacial score (nSPS) is 13.7. The summed E-state index contributed by atoms with van der Waals surface area (Å²) in [7, 11) is -3.84. The van der Waals surface area contributed by atoms with Crippen LogP contribution in [0.5, 0.6) is 0 Å². The highest BCUT2D eigenvalue weighted by Gasteiger charge is 2.34. The van der Waals surface area contributed by atoms with Crippen molar-refractivity contribution in [2.45, 2.75) is 51.5 Å². The van der Waals surface area contributed by atoms with Gasteiger partial charge in [0.2, 0.25) is 10.0 Å². The van der Waals surface area contributed by atoms with Gasteiger partial charge in [-0.2, -0.15) is 5.10 Å². The van der Waals surface area contributed by atoms with Crippen molar-refractivity contribution in [3.05, 3.63) is 83.2 Å². The molecule has 0 aliphatic rings. The second kappa shape index (κ2) is 9.58. The molecule has 7 heteroatoms. The molecule has 0 fully saturated rings. The Morgan fingerprint density at radius 3 is 2.23 bits per heavy atom. The Hall–Kier alpha value is -2.77. The van der Waals surface area contributed by atoms with E-state index < -0.39 is 22.0 Å². The van der Waals surface area contributed by atoms with Crippen LogP contribution in [0, 0.1) is 26.7 Å². The molecule has 6 nitrogen and oxygen atoms in total. The lowest BCUT2D eigenvalue weighted by atomic mass is 9.89. The van der Waals surface area contributed by atoms with E-state index in [9.17, 15) is 13.2 Å². The van der Waals surface area contributed by atoms with Crippen LogP contribution in [-0.4, -0.2) is 24.1 Å². The van der Waals surface area contributed by atoms with Gasteiger partial charge < -0.3 is 0 Å². The average Bonchev–Trinajstić information content (AvgIpc) is 3.09. The zero-order valence-corrected chi connectivity index (χ0v) is 19.2. The molecule has 0 aliphatic carbocycles. The van der Waals surface area contributed by atoms with Gasteiger partial charge in [0, 0.05) is 5.69 Å². The first-order valence-corrected chi connectivity index (χ1v) is 11.9. The van der Waals surface area contributed by atoms with Gasteiger partial charge in [-0.25, -0.2) is 17.8 Å². The second-order valence-electron chi connectivity index (χ2n) is 7.90. The number of aryl methyl sites for hydroxylation is 3. The first kappa shape index (κ1) is 22.9. The molecule has 0 amide bonds. The van der Waals surface area contributed by atoms with E-state index in [0.717, 1.165) is 28.9 Å². The Kier molecular flexibility index (Phi) is 7.08. The summed E-state index contributed by atoms with van der Waals surface area (Å²) in [6.45, 7) is 7.55. The first-order chi connectivity index (χ1) is 14.7. The third kappa shape index (κ3) is 5.29. The van der Waals surface area contributed by atoms with Gasteiger partial charge in [-0.05, 0) is 51.0 Å². The average molecular weight is 440 g/mol. The van der Waals surface area contributed by atoms with Crippen molar-refractivity contribution in [2.24, 2.45) is 5.92 Å². The largest absolute Gasteiger partial charge is 0.272 e. The monoisotopic (exact) mass is 439 g/mol. The lowest BCUT2D eigenvalue weighted by Gasteiger charge is -2.27. The predicted octanol–water partition coefficient (Wildman–Crippen LogP) is 4.58. The van der Waals surface area contributed by atoms with Crippen LogP contribution in [0.15, 0.2) is 65.6 Å². The summed E-state index contributed by atoms with van der Waals surface area (Å²) in [4.78, 5) is 13.7. The van der Waals surface area contributed by atoms with Crippen LogP contribution in [-0.2, 0) is 10.0 Å². The molecular formula is C24H29N3O3S. The van der Waals surface area contributed by atoms with Gasteiger partial charge in [0.25, 0.3) is 5.91 Å². The molecule has 0 aliphatic heterocycles. The quantitative estimate of drug-likeness (QED) is 0.557. The van der Waals surface area contributed by atoms with Crippen LogP contribution in [0.1, 0.15) is 53.1 Å². The molecule has 164 valence electrons. The summed E-state index contributed by atoms with van der Waals surface area (Å²) in [6, 6.07) is 17.1. The molecule has 31 heavy (non-hydrogen) atoms. The summed E-state index contributed by atoms with van der Waals surface area (Å²) in [6.07, 6.45) is 1.25. The van der Waals surface area contributed by atoms with Crippen molar-refractivity contribution in [1.29, 1.82) is 0 Å². The van der Waals surface area contributed by atoms with Gasteiger partial charge in [-0.15, -0.1) is 0 Å². The number of benzene rings is 2. The second-order valence-corrected chi connectivity index (χ2v) is 9.61. The Morgan fingerprint density at radius 1 is 1.03 bits per heavy atom. The molecular weight excluding hydrogens is 410 g/mol. The molecule has 0 saturated heterocycles. The summed E-state index contributed by atoms with van der Waals surface area (Å²) < 4.78 is 30.7. The molecule has 1 aromatic heterocycles. The molecule has 2 aromatic carbocycles. The van der Waals surface area contributed by atoms with E-state index in [0.29, 0.717) is 6.42 Å². The van der Waals surface area contributed by atoms with Gasteiger partial charge in [0.15, 0.2) is 0 Å². The molecule has 0 radical (unpaired) electrons. The van der Waals surface area contributed by atoms with Crippen molar-refractivity contribution < 1.29 is 13.2 Å². The van der Waals surface area contributed by atoms with Crippen molar-refractivity contribution >= 4 is 15.9 Å². The van der Waals surface area contributed by atoms with Gasteiger partial charge in [-0.3, -0.25) is 4.79 Å². The van der Waals surface area contributed by atoms with Crippen LogP contribution in [0.3, 0.4) is 0 Å². The number of nitrogens with one attached hydrogen (secondary N) is 1. The summed E-state index contributed by atoms with van der Waals surface area (Å²) in [5, 5.41) is 4.34. The van der Waals surface area contributed by atoms with Crippen LogP contribution in [0.25, 0.3) is 0 Å². The Morgan fingerprint density at radius 2 is 1.68 bits per heavy atom. The molecule has 1 heterocycles. The summed E-state index contributed by atoms with van der Waals surface area (Å²) >= 11 is 0. The topological polar surface area (TPSA) is 81.1 Å². The highest BCUT2D eigenvalue weighted by molar-refractivity contribution is 7.89. The lowest BCUT2D eigenvalue weighted by Crippen LogP contribution is -2.39. The van der Waals surface area contributed by atoms with Gasteiger partial charge in [-0.1, -0.05) is 61.4 Å². The molecule has 3 aromatic rings. The third-order valence-electron chi connectivity index (χ3n) is 5.31. The third-order valence-corrected chi connectivity index (χ3v) is 6.77. The maximum Gasteiger partial charge on any atom is 0.252 e. The standard InChI is InChI=1S/C24H29N3O3S/c1-5-9-22(24(28)27-19(4)16-18(3)25-27)23(20-10-7-6-8-11-20)26-31(29,30)21-14-12-17(2)13-15-21/h6-8,10-16,22-23,26H,5,9H2,1-4H3/t22-,23-/m0/s1. The zero-order valence-electron chi connectivity index (χ0n) is 18.4. The first-order valence-electron chi connectivity index (χ1n) is 10.4. The van der Waals surface area contributed by atoms with E-state index in [2.05, 4.69) is 9.82 Å². The number of aromatic nitrogens is 2. The van der Waals surface area contributed by atoms with Crippen LogP contribution in [0.4, 0.5) is 0 Å². The van der Waals surface area contributed by atoms with Gasteiger partial charge in [0.05, 0.1) is 22.5 Å². The molecule has 2 atom stereocenters. The SMILES string of the molecule is CCC[C@H](C(=O)n1nc(C)cc1C)[C@@H](NS(=O)(=O)c1ccc(C)cc1)c1ccccc1. The number of sulfonamides is 1. The van der Waals surface area contributed by atoms with E-state index in [1.165, 1.54) is 4.68 Å². The molecule has 0 unspecified atom stereocenters. The van der Waals surface area contributed by atoms with E-state index in [1.807, 2.05) is 64.1 Å². The maximum absolute atomic E-state index is 13.5. The number of carbonyl (C=O) groups excluding carboxylic acids is 1. The zero-order chi connectivity index (χ0) is 22.6. The van der Waals surface area contributed by atoms with Crippen molar-refractivity contribution in [3.8, 4) is 0 Å². The van der Waals surface area contributed by atoms with Crippen molar-refractivity contribution in [2.75, 3.05) is 0 Å². The van der Waals surface area contributed by atoms with Crippen molar-refractivity contribution in [3.63, 3.8) is 0 Å². The van der Waals surface area contributed by atoms with E-state index in [1.54, 1.807) is 24.3 Å². The summed E-state index contributed by atoms with van der Waals surface area (Å²) in [5.74, 6) is -0.821. The molecule has 3 rings (SSSR count). The Labute approximate surface area is 184 Å². The fourth-order valence-corrected chi connectivity index (χ4v) is 5.01. The number of nitrogens with zero attached hydrogens (tertiary/aromatic N) is 2. The highest BCUT2D eigenvalue weighted by atomic mass is 32.2. The minimum Gasteiger partial charge on any atom is -0.272 e. The lowest BCUT2D eigenvalue weighted by molar-refractivity contribution is 0.0778. The van der Waals surface area contributed by atoms with Crippen molar-refractivity contribution in [1.82, 2.24) is 14.5 Å². The Balaban J connectivity index is 2.05. The van der Waals surface area contributed by atoms with Crippen LogP contribution in [0.2, 0.25) is 0 Å². The van der Waals surface area contributed by atoms with E-state index >= 15 is 0 Å². The minimum absolute atomic E-state index is 0.174.